The predicted octanol–water partition coefficient (Wildman–Crippen LogP) is 1.83. The molecule has 1 amide bonds. The average Bonchev–Trinajstić information content (AvgIpc) is 3.23. The lowest BCUT2D eigenvalue weighted by molar-refractivity contribution is -0.116. The van der Waals surface area contributed by atoms with Crippen molar-refractivity contribution in [3.8, 4) is 0 Å². The van der Waals surface area contributed by atoms with Gasteiger partial charge in [-0.25, -0.2) is 18.7 Å². The minimum atomic E-state index is -0.664. The van der Waals surface area contributed by atoms with Crippen LogP contribution in [0.25, 0.3) is 11.2 Å². The van der Waals surface area contributed by atoms with Gasteiger partial charge in [0.15, 0.2) is 11.2 Å². The summed E-state index contributed by atoms with van der Waals surface area (Å²) in [5, 5.41) is 2.52. The summed E-state index contributed by atoms with van der Waals surface area (Å²) in [4.78, 5) is 43.5. The molecule has 2 heterocycles. The number of hydrogen-bond acceptors (Lipinski definition) is 5. The third kappa shape index (κ3) is 4.75. The molecule has 170 valence electrons. The Hall–Kier alpha value is -4.05. The van der Waals surface area contributed by atoms with Crippen molar-refractivity contribution in [3.63, 3.8) is 0 Å². The van der Waals surface area contributed by atoms with Gasteiger partial charge in [0.25, 0.3) is 5.56 Å². The number of rotatable bonds is 8. The van der Waals surface area contributed by atoms with Crippen LogP contribution in [0.4, 0.5) is 10.1 Å². The first kappa shape index (κ1) is 22.2. The highest BCUT2D eigenvalue weighted by atomic mass is 19.1. The summed E-state index contributed by atoms with van der Waals surface area (Å²) in [6.45, 7) is 0.321. The molecular weight excluding hydrogens is 429 g/mol. The van der Waals surface area contributed by atoms with Crippen LogP contribution in [0.5, 0.6) is 0 Å². The summed E-state index contributed by atoms with van der Waals surface area (Å²) in [5.41, 5.74) is 0.184. The van der Waals surface area contributed by atoms with Crippen LogP contribution in [-0.4, -0.2) is 38.3 Å². The van der Waals surface area contributed by atoms with Gasteiger partial charge in [-0.05, 0) is 23.8 Å². The second kappa shape index (κ2) is 9.61. The van der Waals surface area contributed by atoms with E-state index in [0.717, 1.165) is 16.2 Å². The highest BCUT2D eigenvalue weighted by Gasteiger charge is 2.20. The maximum absolute atomic E-state index is 13.4. The molecule has 9 nitrogen and oxygen atoms in total. The van der Waals surface area contributed by atoms with E-state index < -0.39 is 29.5 Å². The Morgan fingerprint density at radius 2 is 1.88 bits per heavy atom. The second-order valence-electron chi connectivity index (χ2n) is 7.41. The van der Waals surface area contributed by atoms with Gasteiger partial charge in [0.2, 0.25) is 5.91 Å². The predicted molar refractivity (Wildman–Crippen MR) is 121 cm³/mol. The molecule has 0 saturated heterocycles. The summed E-state index contributed by atoms with van der Waals surface area (Å²) in [6.07, 6.45) is 1.48. The van der Waals surface area contributed by atoms with Gasteiger partial charge in [0.05, 0.1) is 19.5 Å². The van der Waals surface area contributed by atoms with Gasteiger partial charge in [-0.1, -0.05) is 36.4 Å². The van der Waals surface area contributed by atoms with E-state index in [2.05, 4.69) is 10.3 Å². The molecule has 0 aliphatic rings. The maximum atomic E-state index is 13.4. The number of nitrogens with zero attached hydrogens (tertiary/aromatic N) is 4. The number of carbonyl (C=O) groups excluding carboxylic acids is 1. The number of hydrogen-bond donors (Lipinski definition) is 1. The van der Waals surface area contributed by atoms with E-state index in [9.17, 15) is 18.8 Å². The van der Waals surface area contributed by atoms with Gasteiger partial charge < -0.3 is 14.6 Å². The lowest BCUT2D eigenvalue weighted by atomic mass is 10.2. The fourth-order valence-electron chi connectivity index (χ4n) is 3.56. The molecular formula is C23H22FN5O4. The summed E-state index contributed by atoms with van der Waals surface area (Å²) in [6, 6.07) is 14.6. The molecule has 2 aromatic carbocycles. The SMILES string of the molecule is COCCn1cnc2c1c(=O)n(CC(=O)Nc1cccc(F)c1)c(=O)n2Cc1ccccc1. The van der Waals surface area contributed by atoms with Crippen molar-refractivity contribution in [1.29, 1.82) is 0 Å². The van der Waals surface area contributed by atoms with Crippen LogP contribution in [-0.2, 0) is 29.2 Å². The van der Waals surface area contributed by atoms with E-state index in [1.807, 2.05) is 30.3 Å². The van der Waals surface area contributed by atoms with Crippen LogP contribution in [0, 0.1) is 5.82 Å². The zero-order chi connectivity index (χ0) is 23.4. The molecule has 0 unspecified atom stereocenters. The number of amides is 1. The lowest BCUT2D eigenvalue weighted by Crippen LogP contribution is -2.43. The molecule has 0 bridgehead atoms. The summed E-state index contributed by atoms with van der Waals surface area (Å²) >= 11 is 0. The zero-order valence-corrected chi connectivity index (χ0v) is 17.9. The van der Waals surface area contributed by atoms with Crippen molar-refractivity contribution in [2.45, 2.75) is 19.6 Å². The third-order valence-corrected chi connectivity index (χ3v) is 5.11. The van der Waals surface area contributed by atoms with Crippen molar-refractivity contribution in [2.75, 3.05) is 19.0 Å². The van der Waals surface area contributed by atoms with Gasteiger partial charge in [0.1, 0.15) is 12.4 Å². The minimum Gasteiger partial charge on any atom is -0.383 e. The van der Waals surface area contributed by atoms with Crippen LogP contribution < -0.4 is 16.6 Å². The maximum Gasteiger partial charge on any atom is 0.333 e. The number of benzene rings is 2. The molecule has 2 aromatic heterocycles. The van der Waals surface area contributed by atoms with Gasteiger partial charge in [-0.3, -0.25) is 14.2 Å². The van der Waals surface area contributed by atoms with Crippen LogP contribution in [0.3, 0.4) is 0 Å². The number of fused-ring (bicyclic) bond motifs is 1. The Bertz CT molecular complexity index is 1410. The van der Waals surface area contributed by atoms with Crippen molar-refractivity contribution in [2.24, 2.45) is 0 Å². The van der Waals surface area contributed by atoms with Crippen molar-refractivity contribution in [1.82, 2.24) is 18.7 Å². The zero-order valence-electron chi connectivity index (χ0n) is 17.9. The number of anilines is 1. The van der Waals surface area contributed by atoms with E-state index >= 15 is 0 Å². The molecule has 4 aromatic rings. The monoisotopic (exact) mass is 451 g/mol. The Balaban J connectivity index is 1.78. The normalized spacial score (nSPS) is 11.1. The highest BCUT2D eigenvalue weighted by Crippen LogP contribution is 2.11. The minimum absolute atomic E-state index is 0.170. The van der Waals surface area contributed by atoms with Crippen molar-refractivity contribution >= 4 is 22.8 Å². The number of imidazole rings is 1. The topological polar surface area (TPSA) is 100 Å². The largest absolute Gasteiger partial charge is 0.383 e. The Kier molecular flexibility index (Phi) is 6.45. The van der Waals surface area contributed by atoms with Gasteiger partial charge >= 0.3 is 5.69 Å². The van der Waals surface area contributed by atoms with E-state index in [1.54, 1.807) is 11.7 Å². The van der Waals surface area contributed by atoms with E-state index in [-0.39, 0.29) is 23.4 Å². The number of nitrogens with one attached hydrogen (secondary N) is 1. The quantitative estimate of drug-likeness (QED) is 0.441. The van der Waals surface area contributed by atoms with Gasteiger partial charge in [-0.2, -0.15) is 0 Å². The summed E-state index contributed by atoms with van der Waals surface area (Å²) < 4.78 is 22.4. The fourth-order valence-corrected chi connectivity index (χ4v) is 3.56. The van der Waals surface area contributed by atoms with E-state index in [1.165, 1.54) is 29.1 Å². The molecule has 0 spiro atoms. The first-order valence-corrected chi connectivity index (χ1v) is 10.2. The van der Waals surface area contributed by atoms with Crippen molar-refractivity contribution < 1.29 is 13.9 Å². The Labute approximate surface area is 187 Å². The van der Waals surface area contributed by atoms with Gasteiger partial charge in [-0.15, -0.1) is 0 Å². The van der Waals surface area contributed by atoms with Crippen LogP contribution >= 0.6 is 0 Å². The molecule has 0 aliphatic carbocycles. The molecule has 1 N–H and O–H groups in total. The number of methoxy groups -OCH3 is 1. The lowest BCUT2D eigenvalue weighted by Gasteiger charge is -2.13. The van der Waals surface area contributed by atoms with Gasteiger partial charge in [0, 0.05) is 19.3 Å². The standard InChI is InChI=1S/C23H22FN5O4/c1-33-11-10-27-15-25-21-20(27)22(31)29(14-19(30)26-18-9-5-8-17(24)12-18)23(32)28(21)13-16-6-3-2-4-7-16/h2-9,12,15H,10-11,13-14H2,1H3,(H,26,30). The van der Waals surface area contributed by atoms with E-state index in [0.29, 0.717) is 13.2 Å². The average molecular weight is 451 g/mol. The molecule has 10 heteroatoms. The number of aromatic nitrogens is 4. The summed E-state index contributed by atoms with van der Waals surface area (Å²) in [7, 11) is 1.54. The highest BCUT2D eigenvalue weighted by molar-refractivity contribution is 5.90. The molecule has 0 fully saturated rings. The fraction of sp³-hybridized carbons (Fsp3) is 0.217. The number of halogens is 1. The number of ether oxygens (including phenoxy) is 1. The molecule has 0 saturated carbocycles. The number of carbonyl (C=O) groups is 1. The Morgan fingerprint density at radius 1 is 1.09 bits per heavy atom. The van der Waals surface area contributed by atoms with E-state index in [4.69, 9.17) is 4.74 Å². The third-order valence-electron chi connectivity index (χ3n) is 5.11. The Morgan fingerprint density at radius 3 is 2.61 bits per heavy atom. The second-order valence-corrected chi connectivity index (χ2v) is 7.41. The first-order valence-electron chi connectivity index (χ1n) is 10.2. The van der Waals surface area contributed by atoms with Crippen LogP contribution in [0.1, 0.15) is 5.56 Å². The van der Waals surface area contributed by atoms with Crippen molar-refractivity contribution in [3.05, 3.63) is 93.1 Å². The smallest absolute Gasteiger partial charge is 0.333 e. The van der Waals surface area contributed by atoms with Crippen LogP contribution in [0.15, 0.2) is 70.5 Å². The first-order chi connectivity index (χ1) is 16.0. The molecule has 0 radical (unpaired) electrons. The van der Waals surface area contributed by atoms with Crippen LogP contribution in [0.2, 0.25) is 0 Å². The molecule has 0 atom stereocenters. The molecule has 33 heavy (non-hydrogen) atoms. The molecule has 0 aliphatic heterocycles. The molecule has 4 rings (SSSR count). The summed E-state index contributed by atoms with van der Waals surface area (Å²) in [5.74, 6) is -1.15.